The number of thioether (sulfide) groups is 1. The Morgan fingerprint density at radius 2 is 2.25 bits per heavy atom. The van der Waals surface area contributed by atoms with Crippen LogP contribution in [0.4, 0.5) is 0 Å². The van der Waals surface area contributed by atoms with Gasteiger partial charge in [0.25, 0.3) is 0 Å². The van der Waals surface area contributed by atoms with Gasteiger partial charge in [-0.15, -0.1) is 0 Å². The summed E-state index contributed by atoms with van der Waals surface area (Å²) in [6.45, 7) is 2.93. The minimum atomic E-state index is -0.705. The van der Waals surface area contributed by atoms with Gasteiger partial charge in [0.05, 0.1) is 0 Å². The van der Waals surface area contributed by atoms with Crippen LogP contribution >= 0.6 is 11.8 Å². The molecule has 0 spiro atoms. The fourth-order valence-electron chi connectivity index (χ4n) is 2.05. The van der Waals surface area contributed by atoms with E-state index in [0.29, 0.717) is 4.75 Å². The van der Waals surface area contributed by atoms with Gasteiger partial charge in [-0.3, -0.25) is 4.79 Å². The number of hydrogen-bond donors (Lipinski definition) is 2. The van der Waals surface area contributed by atoms with Crippen LogP contribution in [-0.4, -0.2) is 34.7 Å². The standard InChI is InChI=1S/C12H23NO2S/c1-3-4-6-10(11(14)15)13-9-12(16-2)7-5-8-12/h10,13H,3-9H2,1-2H3,(H,14,15). The number of aliphatic carboxylic acids is 1. The molecule has 1 aliphatic carbocycles. The van der Waals surface area contributed by atoms with E-state index in [4.69, 9.17) is 5.11 Å². The lowest BCUT2D eigenvalue weighted by molar-refractivity contribution is -0.139. The van der Waals surface area contributed by atoms with Gasteiger partial charge in [0, 0.05) is 11.3 Å². The van der Waals surface area contributed by atoms with Crippen molar-refractivity contribution in [1.82, 2.24) is 5.32 Å². The molecule has 1 aliphatic rings. The van der Waals surface area contributed by atoms with Gasteiger partial charge in [-0.25, -0.2) is 0 Å². The zero-order chi connectivity index (χ0) is 12.0. The lowest BCUT2D eigenvalue weighted by Gasteiger charge is -2.41. The number of carboxylic acid groups (broad SMARTS) is 1. The van der Waals surface area contributed by atoms with Crippen molar-refractivity contribution in [3.63, 3.8) is 0 Å². The van der Waals surface area contributed by atoms with E-state index in [1.54, 1.807) is 0 Å². The molecule has 2 N–H and O–H groups in total. The van der Waals surface area contributed by atoms with E-state index in [1.807, 2.05) is 11.8 Å². The Morgan fingerprint density at radius 3 is 2.62 bits per heavy atom. The maximum Gasteiger partial charge on any atom is 0.320 e. The summed E-state index contributed by atoms with van der Waals surface area (Å²) >= 11 is 1.88. The van der Waals surface area contributed by atoms with Gasteiger partial charge in [0.15, 0.2) is 0 Å². The Labute approximate surface area is 102 Å². The van der Waals surface area contributed by atoms with Gasteiger partial charge in [0.2, 0.25) is 0 Å². The molecule has 1 atom stereocenters. The van der Waals surface area contributed by atoms with Crippen LogP contribution in [0.15, 0.2) is 0 Å². The monoisotopic (exact) mass is 245 g/mol. The van der Waals surface area contributed by atoms with Gasteiger partial charge >= 0.3 is 5.97 Å². The second kappa shape index (κ2) is 6.50. The smallest absolute Gasteiger partial charge is 0.320 e. The molecule has 94 valence electrons. The van der Waals surface area contributed by atoms with Crippen LogP contribution in [0.1, 0.15) is 45.4 Å². The summed E-state index contributed by atoms with van der Waals surface area (Å²) in [6.07, 6.45) is 8.64. The molecule has 16 heavy (non-hydrogen) atoms. The highest BCUT2D eigenvalue weighted by atomic mass is 32.2. The van der Waals surface area contributed by atoms with Crippen LogP contribution in [0, 0.1) is 0 Å². The molecule has 0 amide bonds. The Kier molecular flexibility index (Phi) is 5.62. The van der Waals surface area contributed by atoms with Crippen molar-refractivity contribution in [3.05, 3.63) is 0 Å². The first-order valence-corrected chi connectivity index (χ1v) is 7.37. The van der Waals surface area contributed by atoms with Gasteiger partial charge in [-0.05, 0) is 25.5 Å². The molecule has 0 aliphatic heterocycles. The molecule has 0 radical (unpaired) electrons. The van der Waals surface area contributed by atoms with Gasteiger partial charge in [0.1, 0.15) is 6.04 Å². The maximum absolute atomic E-state index is 11.0. The van der Waals surface area contributed by atoms with E-state index >= 15 is 0 Å². The first-order chi connectivity index (χ1) is 7.63. The molecule has 1 unspecified atom stereocenters. The molecule has 1 fully saturated rings. The maximum atomic E-state index is 11.0. The molecule has 1 rings (SSSR count). The predicted octanol–water partition coefficient (Wildman–Crippen LogP) is 2.51. The van der Waals surface area contributed by atoms with Crippen molar-refractivity contribution in [3.8, 4) is 0 Å². The third-order valence-electron chi connectivity index (χ3n) is 3.51. The number of unbranched alkanes of at least 4 members (excludes halogenated alkanes) is 1. The Balaban J connectivity index is 2.34. The van der Waals surface area contributed by atoms with Gasteiger partial charge in [-0.2, -0.15) is 11.8 Å². The van der Waals surface area contributed by atoms with E-state index in [0.717, 1.165) is 25.8 Å². The van der Waals surface area contributed by atoms with Crippen LogP contribution in [0.2, 0.25) is 0 Å². The number of nitrogens with one attached hydrogen (secondary N) is 1. The van der Waals surface area contributed by atoms with E-state index in [9.17, 15) is 4.79 Å². The SMILES string of the molecule is CCCCC(NCC1(SC)CCC1)C(=O)O. The lowest BCUT2D eigenvalue weighted by Crippen LogP contribution is -2.48. The molecule has 4 heteroatoms. The molecule has 0 saturated heterocycles. The predicted molar refractivity (Wildman–Crippen MR) is 69.0 cm³/mol. The third-order valence-corrected chi connectivity index (χ3v) is 4.93. The summed E-state index contributed by atoms with van der Waals surface area (Å²) in [5.74, 6) is -0.705. The highest BCUT2D eigenvalue weighted by Crippen LogP contribution is 2.42. The summed E-state index contributed by atoms with van der Waals surface area (Å²) in [4.78, 5) is 11.0. The Bertz CT molecular complexity index is 224. The number of hydrogen-bond acceptors (Lipinski definition) is 3. The summed E-state index contributed by atoms with van der Waals surface area (Å²) in [7, 11) is 0. The zero-order valence-corrected chi connectivity index (χ0v) is 11.1. The van der Waals surface area contributed by atoms with Crippen LogP contribution in [0.3, 0.4) is 0 Å². The van der Waals surface area contributed by atoms with Crippen LogP contribution in [-0.2, 0) is 4.79 Å². The quantitative estimate of drug-likeness (QED) is 0.690. The first kappa shape index (κ1) is 13.8. The largest absolute Gasteiger partial charge is 0.480 e. The van der Waals surface area contributed by atoms with Crippen molar-refractivity contribution in [2.75, 3.05) is 12.8 Å². The minimum Gasteiger partial charge on any atom is -0.480 e. The van der Waals surface area contributed by atoms with Crippen LogP contribution < -0.4 is 5.32 Å². The normalized spacial score (nSPS) is 20.1. The molecular formula is C12H23NO2S. The highest BCUT2D eigenvalue weighted by molar-refractivity contribution is 8.00. The molecule has 0 bridgehead atoms. The molecule has 3 nitrogen and oxygen atoms in total. The summed E-state index contributed by atoms with van der Waals surface area (Å²) in [5.41, 5.74) is 0. The molecule has 0 aromatic rings. The van der Waals surface area contributed by atoms with E-state index in [1.165, 1.54) is 19.3 Å². The van der Waals surface area contributed by atoms with E-state index < -0.39 is 5.97 Å². The number of carboxylic acids is 1. The van der Waals surface area contributed by atoms with Gasteiger partial charge in [-0.1, -0.05) is 26.2 Å². The molecule has 1 saturated carbocycles. The first-order valence-electron chi connectivity index (χ1n) is 6.15. The number of carbonyl (C=O) groups is 1. The molecule has 0 heterocycles. The van der Waals surface area contributed by atoms with Crippen molar-refractivity contribution < 1.29 is 9.90 Å². The fourth-order valence-corrected chi connectivity index (χ4v) is 2.98. The summed E-state index contributed by atoms with van der Waals surface area (Å²) < 4.78 is 0.319. The molecule has 0 aromatic heterocycles. The topological polar surface area (TPSA) is 49.3 Å². The van der Waals surface area contributed by atoms with E-state index in [-0.39, 0.29) is 6.04 Å². The Hall–Kier alpha value is -0.220. The minimum absolute atomic E-state index is 0.319. The zero-order valence-electron chi connectivity index (χ0n) is 10.3. The molecule has 0 aromatic carbocycles. The average molecular weight is 245 g/mol. The fraction of sp³-hybridized carbons (Fsp3) is 0.917. The van der Waals surface area contributed by atoms with Crippen molar-refractivity contribution in [2.45, 2.75) is 56.2 Å². The third kappa shape index (κ3) is 3.67. The van der Waals surface area contributed by atoms with Gasteiger partial charge < -0.3 is 10.4 Å². The summed E-state index contributed by atoms with van der Waals surface area (Å²) in [5, 5.41) is 12.3. The van der Waals surface area contributed by atoms with Crippen molar-refractivity contribution in [1.29, 1.82) is 0 Å². The van der Waals surface area contributed by atoms with E-state index in [2.05, 4.69) is 18.5 Å². The average Bonchev–Trinajstić information content (AvgIpc) is 2.20. The van der Waals surface area contributed by atoms with Crippen molar-refractivity contribution >= 4 is 17.7 Å². The molecular weight excluding hydrogens is 222 g/mol. The second-order valence-electron chi connectivity index (χ2n) is 4.65. The van der Waals surface area contributed by atoms with Crippen LogP contribution in [0.25, 0.3) is 0 Å². The van der Waals surface area contributed by atoms with Crippen molar-refractivity contribution in [2.24, 2.45) is 0 Å². The van der Waals surface area contributed by atoms with Crippen LogP contribution in [0.5, 0.6) is 0 Å². The number of rotatable bonds is 8. The lowest BCUT2D eigenvalue weighted by atomic mass is 9.84. The second-order valence-corrected chi connectivity index (χ2v) is 5.93. The summed E-state index contributed by atoms with van der Waals surface area (Å²) in [6, 6.07) is -0.357. The Morgan fingerprint density at radius 1 is 1.56 bits per heavy atom. The highest BCUT2D eigenvalue weighted by Gasteiger charge is 2.36.